The Kier molecular flexibility index (Phi) is 7.79. The largest absolute Gasteiger partial charge is 0.490 e. The van der Waals surface area contributed by atoms with Gasteiger partial charge in [0.25, 0.3) is 0 Å². The first-order valence-electron chi connectivity index (χ1n) is 8.97. The Labute approximate surface area is 190 Å². The molecule has 0 unspecified atom stereocenters. The van der Waals surface area contributed by atoms with Crippen LogP contribution in [0, 0.1) is 0 Å². The fourth-order valence-corrected chi connectivity index (χ4v) is 3.47. The Morgan fingerprint density at radius 2 is 1.52 bits per heavy atom. The van der Waals surface area contributed by atoms with Gasteiger partial charge < -0.3 is 14.8 Å². The van der Waals surface area contributed by atoms with Crippen molar-refractivity contribution in [2.24, 2.45) is 0 Å². The van der Waals surface area contributed by atoms with E-state index < -0.39 is 0 Å². The zero-order chi connectivity index (χ0) is 20.8. The van der Waals surface area contributed by atoms with Gasteiger partial charge in [-0.25, -0.2) is 0 Å². The zero-order valence-corrected chi connectivity index (χ0v) is 18.7. The quantitative estimate of drug-likeness (QED) is 0.363. The maximum absolute atomic E-state index is 6.21. The summed E-state index contributed by atoms with van der Waals surface area (Å²) in [6.45, 7) is 3.40. The van der Waals surface area contributed by atoms with Crippen molar-refractivity contribution in [3.63, 3.8) is 0 Å². The van der Waals surface area contributed by atoms with Gasteiger partial charge in [-0.05, 0) is 60.5 Å². The van der Waals surface area contributed by atoms with Crippen LogP contribution in [-0.4, -0.2) is 6.61 Å². The Balaban J connectivity index is 1.69. The third-order valence-electron chi connectivity index (χ3n) is 4.10. The zero-order valence-electron chi connectivity index (χ0n) is 15.6. The molecule has 7 heteroatoms. The molecular formula is C22H19Cl4NO2. The van der Waals surface area contributed by atoms with Crippen molar-refractivity contribution in [1.82, 2.24) is 0 Å². The van der Waals surface area contributed by atoms with E-state index in [9.17, 15) is 0 Å². The van der Waals surface area contributed by atoms with Crippen molar-refractivity contribution in [3.8, 4) is 11.5 Å². The van der Waals surface area contributed by atoms with Gasteiger partial charge in [0.15, 0.2) is 11.5 Å². The van der Waals surface area contributed by atoms with Gasteiger partial charge in [-0.15, -0.1) is 0 Å². The van der Waals surface area contributed by atoms with Crippen molar-refractivity contribution in [2.75, 3.05) is 11.9 Å². The van der Waals surface area contributed by atoms with E-state index in [0.717, 1.165) is 16.8 Å². The van der Waals surface area contributed by atoms with Crippen LogP contribution in [0.4, 0.5) is 5.69 Å². The van der Waals surface area contributed by atoms with E-state index >= 15 is 0 Å². The summed E-state index contributed by atoms with van der Waals surface area (Å²) in [6, 6.07) is 16.6. The summed E-state index contributed by atoms with van der Waals surface area (Å²) >= 11 is 24.2. The molecule has 0 aromatic heterocycles. The minimum Gasteiger partial charge on any atom is -0.490 e. The molecule has 0 aliphatic heterocycles. The lowest BCUT2D eigenvalue weighted by atomic mass is 10.2. The van der Waals surface area contributed by atoms with Gasteiger partial charge in [-0.1, -0.05) is 58.5 Å². The molecule has 3 nitrogen and oxygen atoms in total. The smallest absolute Gasteiger partial charge is 0.161 e. The van der Waals surface area contributed by atoms with E-state index in [1.807, 2.05) is 37.3 Å². The molecule has 0 saturated carbocycles. The molecule has 3 aromatic carbocycles. The van der Waals surface area contributed by atoms with E-state index in [4.69, 9.17) is 55.9 Å². The predicted octanol–water partition coefficient (Wildman–Crippen LogP) is 7.89. The molecule has 0 radical (unpaired) electrons. The fourth-order valence-electron chi connectivity index (χ4n) is 2.67. The van der Waals surface area contributed by atoms with E-state index in [-0.39, 0.29) is 0 Å². The molecule has 0 fully saturated rings. The second kappa shape index (κ2) is 10.3. The SMILES string of the molecule is CCOc1cc(CNc2ccc(Cl)cc2Cl)ccc1OCc1ccc(Cl)c(Cl)c1. The van der Waals surface area contributed by atoms with E-state index in [2.05, 4.69) is 5.32 Å². The normalized spacial score (nSPS) is 10.7. The number of halogens is 4. The first-order chi connectivity index (χ1) is 14.0. The molecular weight excluding hydrogens is 452 g/mol. The highest BCUT2D eigenvalue weighted by Crippen LogP contribution is 2.31. The lowest BCUT2D eigenvalue weighted by Gasteiger charge is -2.15. The molecule has 0 heterocycles. The minimum absolute atomic E-state index is 0.356. The second-order valence-corrected chi connectivity index (χ2v) is 7.89. The number of anilines is 1. The van der Waals surface area contributed by atoms with Crippen molar-refractivity contribution in [2.45, 2.75) is 20.1 Å². The Morgan fingerprint density at radius 1 is 0.724 bits per heavy atom. The van der Waals surface area contributed by atoms with Crippen molar-refractivity contribution in [1.29, 1.82) is 0 Å². The topological polar surface area (TPSA) is 30.5 Å². The van der Waals surface area contributed by atoms with Crippen LogP contribution in [0.5, 0.6) is 11.5 Å². The summed E-state index contributed by atoms with van der Waals surface area (Å²) in [5, 5.41) is 5.49. The van der Waals surface area contributed by atoms with Crippen LogP contribution in [0.2, 0.25) is 20.1 Å². The van der Waals surface area contributed by atoms with Crippen LogP contribution >= 0.6 is 46.4 Å². The first kappa shape index (κ1) is 21.9. The summed E-state index contributed by atoms with van der Waals surface area (Å²) < 4.78 is 11.7. The molecule has 1 N–H and O–H groups in total. The molecule has 3 rings (SSSR count). The molecule has 0 spiro atoms. The maximum Gasteiger partial charge on any atom is 0.161 e. The van der Waals surface area contributed by atoms with Gasteiger partial charge in [-0.2, -0.15) is 0 Å². The first-order valence-corrected chi connectivity index (χ1v) is 10.5. The van der Waals surface area contributed by atoms with Crippen molar-refractivity contribution in [3.05, 3.63) is 85.8 Å². The van der Waals surface area contributed by atoms with E-state index in [1.54, 1.807) is 24.3 Å². The Morgan fingerprint density at radius 3 is 2.24 bits per heavy atom. The lowest BCUT2D eigenvalue weighted by molar-refractivity contribution is 0.269. The average molecular weight is 471 g/mol. The van der Waals surface area contributed by atoms with Gasteiger partial charge in [0, 0.05) is 11.6 Å². The summed E-state index contributed by atoms with van der Waals surface area (Å²) in [7, 11) is 0. The summed E-state index contributed by atoms with van der Waals surface area (Å²) in [5.41, 5.74) is 2.76. The van der Waals surface area contributed by atoms with Gasteiger partial charge in [0.1, 0.15) is 6.61 Å². The highest BCUT2D eigenvalue weighted by atomic mass is 35.5. The number of benzene rings is 3. The third kappa shape index (κ3) is 6.10. The molecule has 152 valence electrons. The van der Waals surface area contributed by atoms with Crippen LogP contribution in [0.3, 0.4) is 0 Å². The second-order valence-electron chi connectivity index (χ2n) is 6.23. The number of hydrogen-bond acceptors (Lipinski definition) is 3. The van der Waals surface area contributed by atoms with Crippen LogP contribution < -0.4 is 14.8 Å². The monoisotopic (exact) mass is 469 g/mol. The van der Waals surface area contributed by atoms with Gasteiger partial charge in [0.2, 0.25) is 0 Å². The highest BCUT2D eigenvalue weighted by molar-refractivity contribution is 6.42. The number of hydrogen-bond donors (Lipinski definition) is 1. The molecule has 0 aliphatic carbocycles. The fraction of sp³-hybridized carbons (Fsp3) is 0.182. The molecule has 0 atom stereocenters. The van der Waals surface area contributed by atoms with E-state index in [1.165, 1.54) is 0 Å². The average Bonchev–Trinajstić information content (AvgIpc) is 2.69. The van der Waals surface area contributed by atoms with Crippen molar-refractivity contribution >= 4 is 52.1 Å². The molecule has 0 bridgehead atoms. The summed E-state index contributed by atoms with van der Waals surface area (Å²) in [4.78, 5) is 0. The standard InChI is InChI=1S/C22H19Cl4NO2/c1-2-28-22-10-14(12-27-20-7-5-16(23)11-19(20)26)4-8-21(22)29-13-15-3-6-17(24)18(25)9-15/h3-11,27H,2,12-13H2,1H3. The summed E-state index contributed by atoms with van der Waals surface area (Å²) in [6.07, 6.45) is 0. The predicted molar refractivity (Wildman–Crippen MR) is 122 cm³/mol. The van der Waals surface area contributed by atoms with E-state index in [0.29, 0.717) is 51.3 Å². The van der Waals surface area contributed by atoms with Crippen LogP contribution in [0.1, 0.15) is 18.1 Å². The van der Waals surface area contributed by atoms with Gasteiger partial charge >= 0.3 is 0 Å². The lowest BCUT2D eigenvalue weighted by Crippen LogP contribution is -2.03. The number of nitrogens with one attached hydrogen (secondary N) is 1. The molecule has 0 saturated heterocycles. The molecule has 0 amide bonds. The number of ether oxygens (including phenoxy) is 2. The molecule has 29 heavy (non-hydrogen) atoms. The highest BCUT2D eigenvalue weighted by Gasteiger charge is 2.09. The van der Waals surface area contributed by atoms with Crippen LogP contribution in [-0.2, 0) is 13.2 Å². The van der Waals surface area contributed by atoms with Gasteiger partial charge in [0.05, 0.1) is 27.4 Å². The number of rotatable bonds is 8. The van der Waals surface area contributed by atoms with Crippen molar-refractivity contribution < 1.29 is 9.47 Å². The Hall–Kier alpha value is -1.78. The molecule has 3 aromatic rings. The van der Waals surface area contributed by atoms with Crippen LogP contribution in [0.15, 0.2) is 54.6 Å². The van der Waals surface area contributed by atoms with Gasteiger partial charge in [-0.3, -0.25) is 0 Å². The maximum atomic E-state index is 6.21. The Bertz CT molecular complexity index is 995. The minimum atomic E-state index is 0.356. The van der Waals surface area contributed by atoms with Crippen LogP contribution in [0.25, 0.3) is 0 Å². The summed E-state index contributed by atoms with van der Waals surface area (Å²) in [5.74, 6) is 1.33. The molecule has 0 aliphatic rings. The third-order valence-corrected chi connectivity index (χ3v) is 5.39.